The van der Waals surface area contributed by atoms with Crippen LogP contribution in [0.4, 0.5) is 11.4 Å². The first-order chi connectivity index (χ1) is 15.9. The molecule has 0 saturated carbocycles. The van der Waals surface area contributed by atoms with E-state index in [2.05, 4.69) is 10.0 Å². The van der Waals surface area contributed by atoms with Gasteiger partial charge in [0.15, 0.2) is 18.1 Å². The predicted octanol–water partition coefficient (Wildman–Crippen LogP) is 3.28. The quantitative estimate of drug-likeness (QED) is 0.520. The summed E-state index contributed by atoms with van der Waals surface area (Å²) in [6, 6.07) is 17.4. The lowest BCUT2D eigenvalue weighted by Gasteiger charge is -2.19. The van der Waals surface area contributed by atoms with E-state index in [9.17, 15) is 13.2 Å². The van der Waals surface area contributed by atoms with Gasteiger partial charge in [0.1, 0.15) is 24.7 Å². The number of sulfonamides is 1. The van der Waals surface area contributed by atoms with Crippen molar-refractivity contribution in [2.45, 2.75) is 4.90 Å². The molecule has 10 heteroatoms. The van der Waals surface area contributed by atoms with Crippen molar-refractivity contribution in [2.24, 2.45) is 0 Å². The van der Waals surface area contributed by atoms with Gasteiger partial charge < -0.3 is 24.3 Å². The molecule has 33 heavy (non-hydrogen) atoms. The summed E-state index contributed by atoms with van der Waals surface area (Å²) in [7, 11) is -2.24. The Morgan fingerprint density at radius 3 is 2.21 bits per heavy atom. The second kappa shape index (κ2) is 9.70. The Kier molecular flexibility index (Phi) is 6.55. The summed E-state index contributed by atoms with van der Waals surface area (Å²) in [5.41, 5.74) is 0.964. The average molecular weight is 471 g/mol. The zero-order valence-electron chi connectivity index (χ0n) is 17.7. The fourth-order valence-corrected chi connectivity index (χ4v) is 4.11. The monoisotopic (exact) mass is 470 g/mol. The molecule has 1 aliphatic rings. The van der Waals surface area contributed by atoms with Crippen LogP contribution in [0.5, 0.6) is 23.0 Å². The van der Waals surface area contributed by atoms with E-state index in [1.54, 1.807) is 42.5 Å². The van der Waals surface area contributed by atoms with Gasteiger partial charge in [0.2, 0.25) is 0 Å². The lowest BCUT2D eigenvalue weighted by atomic mass is 10.2. The third kappa shape index (κ3) is 5.66. The smallest absolute Gasteiger partial charge is 0.262 e. The molecule has 0 fully saturated rings. The molecule has 172 valence electrons. The number of ether oxygens (including phenoxy) is 4. The third-order valence-corrected chi connectivity index (χ3v) is 6.07. The molecule has 1 amide bonds. The molecule has 1 aliphatic heterocycles. The number of fused-ring (bicyclic) bond motifs is 1. The number of nitrogens with one attached hydrogen (secondary N) is 2. The minimum atomic E-state index is -3.78. The van der Waals surface area contributed by atoms with Crippen LogP contribution in [0.1, 0.15) is 0 Å². The van der Waals surface area contributed by atoms with Crippen molar-refractivity contribution >= 4 is 27.3 Å². The van der Waals surface area contributed by atoms with Crippen molar-refractivity contribution < 1.29 is 32.2 Å². The molecule has 0 aliphatic carbocycles. The van der Waals surface area contributed by atoms with Crippen LogP contribution < -0.4 is 29.0 Å². The van der Waals surface area contributed by atoms with Crippen LogP contribution in [-0.2, 0) is 14.8 Å². The average Bonchev–Trinajstić information content (AvgIpc) is 2.83. The van der Waals surface area contributed by atoms with Gasteiger partial charge in [-0.3, -0.25) is 9.52 Å². The molecule has 0 saturated heterocycles. The second-order valence-corrected chi connectivity index (χ2v) is 8.68. The SMILES string of the molecule is COc1ccc(NS(=O)(=O)c2ccc(OCC(=O)Nc3ccc4c(c3)OCCO4)cc2)cc1. The van der Waals surface area contributed by atoms with Crippen LogP contribution >= 0.6 is 0 Å². The summed E-state index contributed by atoms with van der Waals surface area (Å²) in [5, 5.41) is 2.72. The second-order valence-electron chi connectivity index (χ2n) is 7.00. The molecular weight excluding hydrogens is 448 g/mol. The molecule has 0 atom stereocenters. The first-order valence-electron chi connectivity index (χ1n) is 10.0. The van der Waals surface area contributed by atoms with Crippen LogP contribution in [0, 0.1) is 0 Å². The number of anilines is 2. The van der Waals surface area contributed by atoms with Gasteiger partial charge in [-0.15, -0.1) is 0 Å². The standard InChI is InChI=1S/C23H22N2O7S/c1-29-18-5-2-16(3-6-18)25-33(27,28)20-9-7-19(8-10-20)32-15-23(26)24-17-4-11-21-22(14-17)31-13-12-30-21/h2-11,14,25H,12-13,15H2,1H3,(H,24,26). The fraction of sp³-hybridized carbons (Fsp3) is 0.174. The van der Waals surface area contributed by atoms with Crippen LogP contribution in [0.3, 0.4) is 0 Å². The van der Waals surface area contributed by atoms with Gasteiger partial charge in [-0.1, -0.05) is 0 Å². The van der Waals surface area contributed by atoms with Gasteiger partial charge in [0, 0.05) is 17.4 Å². The molecular formula is C23H22N2O7S. The molecule has 0 bridgehead atoms. The van der Waals surface area contributed by atoms with E-state index in [1.807, 2.05) is 0 Å². The van der Waals surface area contributed by atoms with E-state index in [0.29, 0.717) is 47.6 Å². The van der Waals surface area contributed by atoms with Gasteiger partial charge in [-0.05, 0) is 60.7 Å². The van der Waals surface area contributed by atoms with Crippen molar-refractivity contribution in [2.75, 3.05) is 37.0 Å². The molecule has 2 N–H and O–H groups in total. The Hall–Kier alpha value is -3.92. The number of amides is 1. The number of hydrogen-bond acceptors (Lipinski definition) is 7. The molecule has 4 rings (SSSR count). The summed E-state index contributed by atoms with van der Waals surface area (Å²) < 4.78 is 49.1. The van der Waals surface area contributed by atoms with E-state index < -0.39 is 10.0 Å². The van der Waals surface area contributed by atoms with Crippen molar-refractivity contribution in [1.82, 2.24) is 0 Å². The number of methoxy groups -OCH3 is 1. The van der Waals surface area contributed by atoms with Gasteiger partial charge in [-0.25, -0.2) is 8.42 Å². The molecule has 0 aromatic heterocycles. The van der Waals surface area contributed by atoms with Gasteiger partial charge in [0.25, 0.3) is 15.9 Å². The Morgan fingerprint density at radius 2 is 1.52 bits per heavy atom. The molecule has 9 nitrogen and oxygen atoms in total. The highest BCUT2D eigenvalue weighted by atomic mass is 32.2. The zero-order valence-corrected chi connectivity index (χ0v) is 18.6. The Balaban J connectivity index is 1.32. The minimum Gasteiger partial charge on any atom is -0.497 e. The number of carbonyl (C=O) groups is 1. The Labute approximate surface area is 191 Å². The first kappa shape index (κ1) is 22.3. The van der Waals surface area contributed by atoms with E-state index in [1.165, 1.54) is 31.4 Å². The fourth-order valence-electron chi connectivity index (χ4n) is 3.06. The van der Waals surface area contributed by atoms with Crippen molar-refractivity contribution in [1.29, 1.82) is 0 Å². The van der Waals surface area contributed by atoms with Crippen molar-refractivity contribution in [3.63, 3.8) is 0 Å². The van der Waals surface area contributed by atoms with Crippen molar-refractivity contribution in [3.05, 3.63) is 66.7 Å². The highest BCUT2D eigenvalue weighted by molar-refractivity contribution is 7.92. The summed E-state index contributed by atoms with van der Waals surface area (Å²) in [6.07, 6.45) is 0. The Morgan fingerprint density at radius 1 is 0.879 bits per heavy atom. The summed E-state index contributed by atoms with van der Waals surface area (Å²) in [4.78, 5) is 12.3. The molecule has 1 heterocycles. The number of rotatable bonds is 8. The number of carbonyl (C=O) groups excluding carboxylic acids is 1. The summed E-state index contributed by atoms with van der Waals surface area (Å²) in [6.45, 7) is 0.698. The van der Waals surface area contributed by atoms with E-state index in [-0.39, 0.29) is 17.4 Å². The van der Waals surface area contributed by atoms with Crippen LogP contribution in [0.2, 0.25) is 0 Å². The molecule has 3 aromatic rings. The van der Waals surface area contributed by atoms with Gasteiger partial charge in [0.05, 0.1) is 12.0 Å². The molecule has 0 radical (unpaired) electrons. The summed E-state index contributed by atoms with van der Waals surface area (Å²) in [5.74, 6) is 1.81. The largest absolute Gasteiger partial charge is 0.497 e. The lowest BCUT2D eigenvalue weighted by molar-refractivity contribution is -0.118. The molecule has 0 spiro atoms. The highest BCUT2D eigenvalue weighted by Gasteiger charge is 2.15. The topological polar surface area (TPSA) is 112 Å². The minimum absolute atomic E-state index is 0.0615. The molecule has 0 unspecified atom stereocenters. The normalized spacial score (nSPS) is 12.5. The predicted molar refractivity (Wildman–Crippen MR) is 122 cm³/mol. The van der Waals surface area contributed by atoms with Crippen LogP contribution in [0.25, 0.3) is 0 Å². The van der Waals surface area contributed by atoms with Gasteiger partial charge in [-0.2, -0.15) is 0 Å². The number of benzene rings is 3. The first-order valence-corrected chi connectivity index (χ1v) is 11.5. The maximum absolute atomic E-state index is 12.6. The Bertz CT molecular complexity index is 1230. The zero-order chi connectivity index (χ0) is 23.3. The molecule has 3 aromatic carbocycles. The van der Waals surface area contributed by atoms with Crippen LogP contribution in [-0.4, -0.2) is 41.3 Å². The van der Waals surface area contributed by atoms with E-state index >= 15 is 0 Å². The summed E-state index contributed by atoms with van der Waals surface area (Å²) >= 11 is 0. The highest BCUT2D eigenvalue weighted by Crippen LogP contribution is 2.32. The maximum Gasteiger partial charge on any atom is 0.262 e. The third-order valence-electron chi connectivity index (χ3n) is 4.67. The van der Waals surface area contributed by atoms with E-state index in [4.69, 9.17) is 18.9 Å². The lowest BCUT2D eigenvalue weighted by Crippen LogP contribution is -2.21. The van der Waals surface area contributed by atoms with Gasteiger partial charge >= 0.3 is 0 Å². The maximum atomic E-state index is 12.6. The van der Waals surface area contributed by atoms with Crippen molar-refractivity contribution in [3.8, 4) is 23.0 Å². The number of hydrogen-bond donors (Lipinski definition) is 2. The van der Waals surface area contributed by atoms with E-state index in [0.717, 1.165) is 0 Å². The van der Waals surface area contributed by atoms with Crippen LogP contribution in [0.15, 0.2) is 71.6 Å².